The lowest BCUT2D eigenvalue weighted by atomic mass is 10.4. The Labute approximate surface area is 128 Å². The largest absolute Gasteiger partial charge is 0.353 e. The number of thiophene rings is 1. The Bertz CT molecular complexity index is 705. The molecule has 0 amide bonds. The summed E-state index contributed by atoms with van der Waals surface area (Å²) >= 11 is 1.26. The molecule has 0 aliphatic rings. The molecule has 2 aromatic rings. The van der Waals surface area contributed by atoms with Gasteiger partial charge in [-0.15, -0.1) is 11.3 Å². The monoisotopic (exact) mass is 326 g/mol. The summed E-state index contributed by atoms with van der Waals surface area (Å²) < 4.78 is 26.9. The summed E-state index contributed by atoms with van der Waals surface area (Å²) in [4.78, 5) is 9.43. The molecule has 0 aliphatic carbocycles. The number of nitrogens with one attached hydrogen (secondary N) is 2. The van der Waals surface area contributed by atoms with Crippen molar-refractivity contribution in [3.8, 4) is 0 Å². The van der Waals surface area contributed by atoms with Crippen LogP contribution in [0, 0.1) is 20.8 Å². The van der Waals surface area contributed by atoms with E-state index in [0.717, 1.165) is 16.3 Å². The molecule has 0 fully saturated rings. The van der Waals surface area contributed by atoms with E-state index in [1.807, 2.05) is 26.8 Å². The molecular weight excluding hydrogens is 308 g/mol. The lowest BCUT2D eigenvalue weighted by Crippen LogP contribution is -2.28. The first-order valence-electron chi connectivity index (χ1n) is 6.49. The molecule has 8 heteroatoms. The van der Waals surface area contributed by atoms with Crippen molar-refractivity contribution >= 4 is 27.3 Å². The van der Waals surface area contributed by atoms with Gasteiger partial charge >= 0.3 is 0 Å². The summed E-state index contributed by atoms with van der Waals surface area (Å²) in [5.41, 5.74) is 1.75. The predicted octanol–water partition coefficient (Wildman–Crippen LogP) is 1.85. The third-order valence-electron chi connectivity index (χ3n) is 2.66. The number of aryl methyl sites for hydroxylation is 3. The zero-order chi connectivity index (χ0) is 15.5. The Morgan fingerprint density at radius 3 is 2.33 bits per heavy atom. The Morgan fingerprint density at radius 1 is 1.10 bits per heavy atom. The van der Waals surface area contributed by atoms with Gasteiger partial charge in [0, 0.05) is 29.4 Å². The van der Waals surface area contributed by atoms with Crippen molar-refractivity contribution in [1.82, 2.24) is 14.7 Å². The van der Waals surface area contributed by atoms with Crippen molar-refractivity contribution in [2.24, 2.45) is 0 Å². The van der Waals surface area contributed by atoms with Gasteiger partial charge in [-0.2, -0.15) is 0 Å². The molecule has 21 heavy (non-hydrogen) atoms. The summed E-state index contributed by atoms with van der Waals surface area (Å²) in [5, 5.41) is 3.01. The van der Waals surface area contributed by atoms with Crippen LogP contribution in [-0.4, -0.2) is 31.5 Å². The fourth-order valence-corrected chi connectivity index (χ4v) is 4.15. The van der Waals surface area contributed by atoms with E-state index in [1.165, 1.54) is 11.3 Å². The first-order valence-corrected chi connectivity index (χ1v) is 8.79. The average Bonchev–Trinajstić information content (AvgIpc) is 2.81. The van der Waals surface area contributed by atoms with Crippen LogP contribution >= 0.6 is 11.3 Å². The molecule has 0 bridgehead atoms. The number of hydrogen-bond donors (Lipinski definition) is 2. The third kappa shape index (κ3) is 4.48. The number of sulfonamides is 1. The SMILES string of the molecule is Cc1cc(C)nc(NCCNS(=O)(=O)c2ccc(C)s2)n1. The fraction of sp³-hybridized carbons (Fsp3) is 0.385. The van der Waals surface area contributed by atoms with E-state index >= 15 is 0 Å². The van der Waals surface area contributed by atoms with Crippen LogP contribution in [0.15, 0.2) is 22.4 Å². The minimum Gasteiger partial charge on any atom is -0.353 e. The molecule has 6 nitrogen and oxygen atoms in total. The second-order valence-electron chi connectivity index (χ2n) is 4.66. The molecule has 0 radical (unpaired) electrons. The van der Waals surface area contributed by atoms with E-state index in [2.05, 4.69) is 20.0 Å². The van der Waals surface area contributed by atoms with Crippen LogP contribution < -0.4 is 10.0 Å². The number of aromatic nitrogens is 2. The number of anilines is 1. The zero-order valence-corrected chi connectivity index (χ0v) is 13.8. The zero-order valence-electron chi connectivity index (χ0n) is 12.2. The van der Waals surface area contributed by atoms with Crippen LogP contribution in [0.5, 0.6) is 0 Å². The minimum atomic E-state index is -3.42. The number of nitrogens with zero attached hydrogens (tertiary/aromatic N) is 2. The van der Waals surface area contributed by atoms with Gasteiger partial charge in [-0.25, -0.2) is 23.1 Å². The molecule has 2 N–H and O–H groups in total. The maximum absolute atomic E-state index is 12.0. The maximum atomic E-state index is 12.0. The van der Waals surface area contributed by atoms with Crippen LogP contribution in [-0.2, 0) is 10.0 Å². The Balaban J connectivity index is 1.87. The molecule has 0 saturated heterocycles. The second kappa shape index (κ2) is 6.50. The highest BCUT2D eigenvalue weighted by Gasteiger charge is 2.15. The Morgan fingerprint density at radius 2 is 1.76 bits per heavy atom. The molecule has 0 unspecified atom stereocenters. The summed E-state index contributed by atoms with van der Waals surface area (Å²) in [6.07, 6.45) is 0. The predicted molar refractivity (Wildman–Crippen MR) is 84.2 cm³/mol. The van der Waals surface area contributed by atoms with Crippen LogP contribution in [0.4, 0.5) is 5.95 Å². The van der Waals surface area contributed by atoms with Gasteiger partial charge in [0.05, 0.1) is 0 Å². The smallest absolute Gasteiger partial charge is 0.250 e. The van der Waals surface area contributed by atoms with Crippen molar-refractivity contribution in [1.29, 1.82) is 0 Å². The second-order valence-corrected chi connectivity index (χ2v) is 7.95. The summed E-state index contributed by atoms with van der Waals surface area (Å²) in [5.74, 6) is 0.513. The summed E-state index contributed by atoms with van der Waals surface area (Å²) in [7, 11) is -3.42. The van der Waals surface area contributed by atoms with E-state index in [9.17, 15) is 8.42 Å². The van der Waals surface area contributed by atoms with Gasteiger partial charge in [0.15, 0.2) is 0 Å². The van der Waals surface area contributed by atoms with Crippen molar-refractivity contribution < 1.29 is 8.42 Å². The number of rotatable bonds is 6. The first-order chi connectivity index (χ1) is 9.87. The number of hydrogen-bond acceptors (Lipinski definition) is 6. The first kappa shape index (κ1) is 15.9. The Kier molecular flexibility index (Phi) is 4.92. The van der Waals surface area contributed by atoms with Gasteiger partial charge in [-0.1, -0.05) is 0 Å². The van der Waals surface area contributed by atoms with Gasteiger partial charge in [0.2, 0.25) is 16.0 Å². The maximum Gasteiger partial charge on any atom is 0.250 e. The summed E-state index contributed by atoms with van der Waals surface area (Å²) in [6.45, 7) is 6.36. The minimum absolute atomic E-state index is 0.273. The molecule has 0 atom stereocenters. The van der Waals surface area contributed by atoms with Gasteiger partial charge in [0.1, 0.15) is 4.21 Å². The Hall–Kier alpha value is -1.51. The lowest BCUT2D eigenvalue weighted by molar-refractivity contribution is 0.585. The normalized spacial score (nSPS) is 11.6. The third-order valence-corrected chi connectivity index (χ3v) is 5.62. The quantitative estimate of drug-likeness (QED) is 0.792. The van der Waals surface area contributed by atoms with Crippen molar-refractivity contribution in [3.63, 3.8) is 0 Å². The van der Waals surface area contributed by atoms with Crippen LogP contribution in [0.2, 0.25) is 0 Å². The average molecular weight is 326 g/mol. The van der Waals surface area contributed by atoms with Crippen LogP contribution in [0.1, 0.15) is 16.3 Å². The van der Waals surface area contributed by atoms with Crippen molar-refractivity contribution in [3.05, 3.63) is 34.5 Å². The molecule has 0 aromatic carbocycles. The molecule has 114 valence electrons. The van der Waals surface area contributed by atoms with E-state index in [4.69, 9.17) is 0 Å². The lowest BCUT2D eigenvalue weighted by Gasteiger charge is -2.07. The van der Waals surface area contributed by atoms with Crippen molar-refractivity contribution in [2.75, 3.05) is 18.4 Å². The van der Waals surface area contributed by atoms with E-state index in [1.54, 1.807) is 12.1 Å². The highest BCUT2D eigenvalue weighted by molar-refractivity contribution is 7.91. The van der Waals surface area contributed by atoms with E-state index < -0.39 is 10.0 Å². The van der Waals surface area contributed by atoms with Gasteiger partial charge in [-0.3, -0.25) is 0 Å². The molecule has 0 aliphatic heterocycles. The molecule has 0 spiro atoms. The van der Waals surface area contributed by atoms with Gasteiger partial charge < -0.3 is 5.32 Å². The van der Waals surface area contributed by atoms with Crippen LogP contribution in [0.25, 0.3) is 0 Å². The molecule has 2 heterocycles. The van der Waals surface area contributed by atoms with Gasteiger partial charge in [-0.05, 0) is 39.0 Å². The van der Waals surface area contributed by atoms with E-state index in [0.29, 0.717) is 16.7 Å². The standard InChI is InChI=1S/C13H18N4O2S2/c1-9-8-10(2)17-13(16-9)14-6-7-15-21(18,19)12-5-4-11(3)20-12/h4-5,8,15H,6-7H2,1-3H3,(H,14,16,17). The molecule has 0 saturated carbocycles. The fourth-order valence-electron chi connectivity index (χ4n) is 1.79. The topological polar surface area (TPSA) is 84.0 Å². The highest BCUT2D eigenvalue weighted by Crippen LogP contribution is 2.19. The van der Waals surface area contributed by atoms with E-state index in [-0.39, 0.29) is 6.54 Å². The van der Waals surface area contributed by atoms with Gasteiger partial charge in [0.25, 0.3) is 0 Å². The highest BCUT2D eigenvalue weighted by atomic mass is 32.2. The van der Waals surface area contributed by atoms with Crippen LogP contribution in [0.3, 0.4) is 0 Å². The molecule has 2 aromatic heterocycles. The van der Waals surface area contributed by atoms with Crippen molar-refractivity contribution in [2.45, 2.75) is 25.0 Å². The molecule has 2 rings (SSSR count). The molecular formula is C13H18N4O2S2. The summed E-state index contributed by atoms with van der Waals surface area (Å²) in [6, 6.07) is 5.29.